The van der Waals surface area contributed by atoms with Gasteiger partial charge < -0.3 is 5.32 Å². The lowest BCUT2D eigenvalue weighted by molar-refractivity contribution is 0.0934. The normalized spacial score (nSPS) is 12.9. The fourth-order valence-corrected chi connectivity index (χ4v) is 2.62. The lowest BCUT2D eigenvalue weighted by Gasteiger charge is -2.19. The Balaban J connectivity index is 2.75. The molecule has 0 aromatic carbocycles. The second kappa shape index (κ2) is 5.64. The molecule has 0 aliphatic carbocycles. The summed E-state index contributed by atoms with van der Waals surface area (Å²) < 4.78 is 0. The van der Waals surface area contributed by atoms with Crippen LogP contribution >= 0.6 is 22.9 Å². The molecule has 1 atom stereocenters. The van der Waals surface area contributed by atoms with E-state index >= 15 is 0 Å². The molecule has 1 amide bonds. The van der Waals surface area contributed by atoms with E-state index in [9.17, 15) is 4.79 Å². The summed E-state index contributed by atoms with van der Waals surface area (Å²) in [6.45, 7) is 7.83. The lowest BCUT2D eigenvalue weighted by atomic mass is 10.1. The lowest BCUT2D eigenvalue weighted by Crippen LogP contribution is -2.39. The summed E-state index contributed by atoms with van der Waals surface area (Å²) in [5, 5.41) is 3.85. The molecule has 0 aliphatic rings. The Labute approximate surface area is 105 Å². The van der Waals surface area contributed by atoms with Gasteiger partial charge >= 0.3 is 0 Å². The molecular formula is C11H17ClN2OS. The molecule has 1 rings (SSSR count). The maximum absolute atomic E-state index is 12.0. The number of halogens is 1. The third-order valence-corrected chi connectivity index (χ3v) is 3.80. The highest BCUT2D eigenvalue weighted by Crippen LogP contribution is 2.17. The van der Waals surface area contributed by atoms with E-state index in [1.165, 1.54) is 11.3 Å². The summed E-state index contributed by atoms with van der Waals surface area (Å²) in [4.78, 5) is 16.9. The molecule has 0 bridgehead atoms. The average molecular weight is 261 g/mol. The second-order valence-electron chi connectivity index (χ2n) is 4.13. The van der Waals surface area contributed by atoms with Crippen molar-refractivity contribution in [3.05, 3.63) is 15.6 Å². The number of carbonyl (C=O) groups excluding carboxylic acids is 1. The summed E-state index contributed by atoms with van der Waals surface area (Å²) in [7, 11) is 0. The second-order valence-corrected chi connectivity index (χ2v) is 5.64. The first-order chi connectivity index (χ1) is 7.45. The maximum atomic E-state index is 12.0. The summed E-state index contributed by atoms with van der Waals surface area (Å²) in [6.07, 6.45) is 0. The zero-order chi connectivity index (χ0) is 12.3. The first-order valence-electron chi connectivity index (χ1n) is 5.26. The molecule has 5 heteroatoms. The van der Waals surface area contributed by atoms with E-state index in [2.05, 4.69) is 10.3 Å². The van der Waals surface area contributed by atoms with Crippen molar-refractivity contribution in [1.29, 1.82) is 0 Å². The molecule has 0 saturated carbocycles. The summed E-state index contributed by atoms with van der Waals surface area (Å²) in [6, 6.07) is 0.0102. The van der Waals surface area contributed by atoms with Crippen LogP contribution in [-0.2, 0) is 0 Å². The van der Waals surface area contributed by atoms with Crippen molar-refractivity contribution in [2.75, 3.05) is 5.88 Å². The van der Waals surface area contributed by atoms with Crippen LogP contribution in [0.4, 0.5) is 0 Å². The van der Waals surface area contributed by atoms with Crippen LogP contribution in [0.3, 0.4) is 0 Å². The molecule has 16 heavy (non-hydrogen) atoms. The number of amides is 1. The monoisotopic (exact) mass is 260 g/mol. The molecular weight excluding hydrogens is 244 g/mol. The number of aryl methyl sites for hydroxylation is 2. The van der Waals surface area contributed by atoms with Crippen LogP contribution in [-0.4, -0.2) is 22.8 Å². The molecule has 3 nitrogen and oxygen atoms in total. The van der Waals surface area contributed by atoms with Crippen LogP contribution in [0.1, 0.15) is 34.2 Å². The number of nitrogens with one attached hydrogen (secondary N) is 1. The number of nitrogens with zero attached hydrogens (tertiary/aromatic N) is 1. The van der Waals surface area contributed by atoms with Crippen LogP contribution < -0.4 is 5.32 Å². The molecule has 1 heterocycles. The van der Waals surface area contributed by atoms with Crippen molar-refractivity contribution in [1.82, 2.24) is 10.3 Å². The number of hydrogen-bond donors (Lipinski definition) is 1. The molecule has 0 fully saturated rings. The third-order valence-electron chi connectivity index (χ3n) is 2.40. The first kappa shape index (κ1) is 13.5. The van der Waals surface area contributed by atoms with Crippen LogP contribution in [0.15, 0.2) is 0 Å². The van der Waals surface area contributed by atoms with Gasteiger partial charge in [0.05, 0.1) is 10.7 Å². The van der Waals surface area contributed by atoms with Crippen LogP contribution in [0, 0.1) is 19.8 Å². The maximum Gasteiger partial charge on any atom is 0.263 e. The number of hydrogen-bond acceptors (Lipinski definition) is 3. The minimum Gasteiger partial charge on any atom is -0.347 e. The topological polar surface area (TPSA) is 42.0 Å². The van der Waals surface area contributed by atoms with E-state index < -0.39 is 0 Å². The van der Waals surface area contributed by atoms with Gasteiger partial charge in [-0.1, -0.05) is 13.8 Å². The Morgan fingerprint density at radius 3 is 2.50 bits per heavy atom. The Morgan fingerprint density at radius 1 is 1.50 bits per heavy atom. The van der Waals surface area contributed by atoms with Gasteiger partial charge in [0.1, 0.15) is 4.88 Å². The smallest absolute Gasteiger partial charge is 0.263 e. The van der Waals surface area contributed by atoms with Gasteiger partial charge in [-0.3, -0.25) is 4.79 Å². The Bertz CT molecular complexity index is 376. The Hall–Kier alpha value is -0.610. The zero-order valence-corrected chi connectivity index (χ0v) is 11.6. The highest BCUT2D eigenvalue weighted by molar-refractivity contribution is 7.13. The molecule has 1 N–H and O–H groups in total. The van der Waals surface area contributed by atoms with Gasteiger partial charge in [-0.15, -0.1) is 22.9 Å². The van der Waals surface area contributed by atoms with E-state index in [0.717, 1.165) is 10.7 Å². The van der Waals surface area contributed by atoms with Crippen molar-refractivity contribution in [2.24, 2.45) is 5.92 Å². The Morgan fingerprint density at radius 2 is 2.12 bits per heavy atom. The van der Waals surface area contributed by atoms with E-state index in [0.29, 0.717) is 16.7 Å². The average Bonchev–Trinajstić information content (AvgIpc) is 2.53. The highest BCUT2D eigenvalue weighted by atomic mass is 35.5. The van der Waals surface area contributed by atoms with Gasteiger partial charge in [-0.25, -0.2) is 4.98 Å². The van der Waals surface area contributed by atoms with Crippen molar-refractivity contribution < 1.29 is 4.79 Å². The summed E-state index contributed by atoms with van der Waals surface area (Å²) >= 11 is 7.23. The summed E-state index contributed by atoms with van der Waals surface area (Å²) in [5.74, 6) is 0.693. The predicted molar refractivity (Wildman–Crippen MR) is 68.4 cm³/mol. The number of rotatable bonds is 4. The van der Waals surface area contributed by atoms with Gasteiger partial charge in [-0.05, 0) is 19.8 Å². The van der Waals surface area contributed by atoms with Crippen molar-refractivity contribution in [2.45, 2.75) is 33.7 Å². The fourth-order valence-electron chi connectivity index (χ4n) is 1.36. The van der Waals surface area contributed by atoms with Gasteiger partial charge in [0.2, 0.25) is 0 Å². The van der Waals surface area contributed by atoms with Gasteiger partial charge in [0.15, 0.2) is 0 Å². The molecule has 1 aromatic rings. The van der Waals surface area contributed by atoms with Crippen LogP contribution in [0.25, 0.3) is 0 Å². The SMILES string of the molecule is Cc1nc(C)c(C(=O)NC(CCl)C(C)C)s1. The molecule has 1 aromatic heterocycles. The molecule has 0 aliphatic heterocycles. The number of alkyl halides is 1. The zero-order valence-electron chi connectivity index (χ0n) is 10.0. The molecule has 0 radical (unpaired) electrons. The van der Waals surface area contributed by atoms with Gasteiger partial charge in [0.25, 0.3) is 5.91 Å². The number of thiazole rings is 1. The minimum atomic E-state index is -0.0672. The molecule has 0 saturated heterocycles. The van der Waals surface area contributed by atoms with E-state index in [4.69, 9.17) is 11.6 Å². The van der Waals surface area contributed by atoms with Crippen molar-refractivity contribution in [3.8, 4) is 0 Å². The largest absolute Gasteiger partial charge is 0.347 e. The third kappa shape index (κ3) is 3.19. The van der Waals surface area contributed by atoms with E-state index in [1.807, 2.05) is 27.7 Å². The van der Waals surface area contributed by atoms with Crippen LogP contribution in [0.5, 0.6) is 0 Å². The molecule has 1 unspecified atom stereocenters. The highest BCUT2D eigenvalue weighted by Gasteiger charge is 2.19. The quantitative estimate of drug-likeness (QED) is 0.846. The van der Waals surface area contributed by atoms with E-state index in [1.54, 1.807) is 0 Å². The van der Waals surface area contributed by atoms with Crippen molar-refractivity contribution >= 4 is 28.8 Å². The van der Waals surface area contributed by atoms with Crippen LogP contribution in [0.2, 0.25) is 0 Å². The molecule has 90 valence electrons. The van der Waals surface area contributed by atoms with Gasteiger partial charge in [-0.2, -0.15) is 0 Å². The van der Waals surface area contributed by atoms with Crippen molar-refractivity contribution in [3.63, 3.8) is 0 Å². The molecule has 0 spiro atoms. The standard InChI is InChI=1S/C11H17ClN2OS/c1-6(2)9(5-12)14-11(15)10-7(3)13-8(4)16-10/h6,9H,5H2,1-4H3,(H,14,15). The predicted octanol–water partition coefficient (Wildman–Crippen LogP) is 2.75. The summed E-state index contributed by atoms with van der Waals surface area (Å²) in [5.41, 5.74) is 0.789. The number of aromatic nitrogens is 1. The first-order valence-corrected chi connectivity index (χ1v) is 6.61. The fraction of sp³-hybridized carbons (Fsp3) is 0.636. The number of carbonyl (C=O) groups is 1. The van der Waals surface area contributed by atoms with E-state index in [-0.39, 0.29) is 11.9 Å². The Kier molecular flexibility index (Phi) is 4.74. The van der Waals surface area contributed by atoms with Gasteiger partial charge in [0, 0.05) is 11.9 Å². The minimum absolute atomic E-state index is 0.0102.